The van der Waals surface area contributed by atoms with Gasteiger partial charge in [-0.3, -0.25) is 9.59 Å². The normalized spacial score (nSPS) is 12.2. The number of amides is 2. The van der Waals surface area contributed by atoms with E-state index in [0.29, 0.717) is 5.02 Å². The predicted molar refractivity (Wildman–Crippen MR) is 100 cm³/mol. The maximum atomic E-state index is 12.4. The van der Waals surface area contributed by atoms with Gasteiger partial charge in [0, 0.05) is 5.02 Å². The number of alkyl halides is 3. The summed E-state index contributed by atoms with van der Waals surface area (Å²) in [5, 5.41) is 4.83. The van der Waals surface area contributed by atoms with Gasteiger partial charge < -0.3 is 15.4 Å². The third-order valence-corrected chi connectivity index (χ3v) is 3.98. The first-order chi connectivity index (χ1) is 13.1. The average molecular weight is 435 g/mol. The molecule has 5 nitrogen and oxygen atoms in total. The lowest BCUT2D eigenvalue weighted by molar-refractivity contribution is -0.123. The van der Waals surface area contributed by atoms with Gasteiger partial charge in [0.05, 0.1) is 16.3 Å². The van der Waals surface area contributed by atoms with Gasteiger partial charge >= 0.3 is 6.18 Å². The molecule has 2 amide bonds. The number of halogens is 5. The van der Waals surface area contributed by atoms with Gasteiger partial charge in [0.2, 0.25) is 0 Å². The molecule has 0 bridgehead atoms. The molecular weight excluding hydrogens is 420 g/mol. The summed E-state index contributed by atoms with van der Waals surface area (Å²) in [6.45, 7) is -0.0324. The quantitative estimate of drug-likeness (QED) is 0.692. The van der Waals surface area contributed by atoms with Gasteiger partial charge in [-0.05, 0) is 37.3 Å². The molecule has 2 aromatic carbocycles. The minimum absolute atomic E-state index is 0.0461. The van der Waals surface area contributed by atoms with Crippen LogP contribution < -0.4 is 15.4 Å². The van der Waals surface area contributed by atoms with E-state index in [4.69, 9.17) is 27.9 Å². The summed E-state index contributed by atoms with van der Waals surface area (Å²) < 4.78 is 42.4. The van der Waals surface area contributed by atoms with Crippen LogP contribution >= 0.6 is 23.2 Å². The molecule has 0 radical (unpaired) electrons. The van der Waals surface area contributed by atoms with E-state index >= 15 is 0 Å². The Kier molecular flexibility index (Phi) is 7.15. The molecule has 1 unspecified atom stereocenters. The van der Waals surface area contributed by atoms with Gasteiger partial charge in [-0.25, -0.2) is 0 Å². The van der Waals surface area contributed by atoms with Crippen molar-refractivity contribution in [3.8, 4) is 5.75 Å². The summed E-state index contributed by atoms with van der Waals surface area (Å²) in [4.78, 5) is 24.4. The zero-order chi connectivity index (χ0) is 20.9. The highest BCUT2D eigenvalue weighted by Gasteiger charge is 2.28. The third kappa shape index (κ3) is 6.31. The Labute approximate surface area is 168 Å². The number of hydrogen-bond donors (Lipinski definition) is 2. The van der Waals surface area contributed by atoms with Crippen LogP contribution in [-0.4, -0.2) is 30.6 Å². The molecule has 0 aromatic heterocycles. The van der Waals surface area contributed by atoms with Crippen molar-refractivity contribution in [2.75, 3.05) is 11.9 Å². The summed E-state index contributed by atoms with van der Waals surface area (Å²) in [7, 11) is 0. The Hall–Kier alpha value is -2.45. The minimum Gasteiger partial charge on any atom is -0.479 e. The number of para-hydroxylation sites is 1. The van der Waals surface area contributed by atoms with Crippen molar-refractivity contribution in [1.82, 2.24) is 5.32 Å². The second-order valence-corrected chi connectivity index (χ2v) is 6.51. The number of hydrogen-bond acceptors (Lipinski definition) is 3. The Morgan fingerprint density at radius 3 is 2.46 bits per heavy atom. The number of carbonyl (C=O) groups excluding carboxylic acids is 2. The molecule has 0 aliphatic heterocycles. The van der Waals surface area contributed by atoms with Gasteiger partial charge in [-0.1, -0.05) is 35.3 Å². The number of anilines is 1. The number of ether oxygens (including phenoxy) is 1. The van der Waals surface area contributed by atoms with Crippen LogP contribution in [0.2, 0.25) is 10.0 Å². The van der Waals surface area contributed by atoms with Crippen LogP contribution in [0.1, 0.15) is 17.3 Å². The smallest absolute Gasteiger partial charge is 0.405 e. The van der Waals surface area contributed by atoms with E-state index in [-0.39, 0.29) is 22.0 Å². The van der Waals surface area contributed by atoms with Crippen LogP contribution in [0, 0.1) is 0 Å². The Morgan fingerprint density at radius 1 is 1.14 bits per heavy atom. The Bertz CT molecular complexity index is 875. The maximum Gasteiger partial charge on any atom is 0.405 e. The highest BCUT2D eigenvalue weighted by atomic mass is 35.5. The molecule has 0 spiro atoms. The van der Waals surface area contributed by atoms with Crippen LogP contribution in [0.15, 0.2) is 42.5 Å². The second-order valence-electron chi connectivity index (χ2n) is 5.67. The zero-order valence-electron chi connectivity index (χ0n) is 14.4. The first-order valence-corrected chi connectivity index (χ1v) is 8.69. The van der Waals surface area contributed by atoms with E-state index in [1.165, 1.54) is 49.4 Å². The van der Waals surface area contributed by atoms with E-state index < -0.39 is 30.6 Å². The highest BCUT2D eigenvalue weighted by molar-refractivity contribution is 6.35. The van der Waals surface area contributed by atoms with Crippen molar-refractivity contribution in [1.29, 1.82) is 0 Å². The number of nitrogens with one attached hydrogen (secondary N) is 2. The molecule has 1 atom stereocenters. The van der Waals surface area contributed by atoms with Crippen LogP contribution in [0.4, 0.5) is 18.9 Å². The fraction of sp³-hybridized carbons (Fsp3) is 0.222. The molecule has 28 heavy (non-hydrogen) atoms. The molecule has 0 fully saturated rings. The van der Waals surface area contributed by atoms with Gasteiger partial charge in [0.25, 0.3) is 11.8 Å². The maximum absolute atomic E-state index is 12.4. The number of benzene rings is 2. The Morgan fingerprint density at radius 2 is 1.82 bits per heavy atom. The second kappa shape index (κ2) is 9.16. The van der Waals surface area contributed by atoms with E-state index in [0.717, 1.165) is 0 Å². The van der Waals surface area contributed by atoms with Crippen molar-refractivity contribution in [2.24, 2.45) is 0 Å². The molecule has 150 valence electrons. The molecular formula is C18H15Cl2F3N2O3. The zero-order valence-corrected chi connectivity index (χ0v) is 16.0. The summed E-state index contributed by atoms with van der Waals surface area (Å²) in [6.07, 6.45) is -5.56. The van der Waals surface area contributed by atoms with Crippen molar-refractivity contribution >= 4 is 40.7 Å². The molecule has 0 aliphatic carbocycles. The molecule has 0 saturated carbocycles. The predicted octanol–water partition coefficient (Wildman–Crippen LogP) is 4.69. The summed E-state index contributed by atoms with van der Waals surface area (Å²) in [5.41, 5.74) is -0.0679. The van der Waals surface area contributed by atoms with Crippen molar-refractivity contribution in [3.05, 3.63) is 58.1 Å². The average Bonchev–Trinajstić information content (AvgIpc) is 2.61. The van der Waals surface area contributed by atoms with Crippen LogP contribution in [-0.2, 0) is 4.79 Å². The van der Waals surface area contributed by atoms with Gasteiger partial charge in [0.15, 0.2) is 6.10 Å². The Balaban J connectivity index is 2.08. The molecule has 2 rings (SSSR count). The largest absolute Gasteiger partial charge is 0.479 e. The van der Waals surface area contributed by atoms with Gasteiger partial charge in [-0.2, -0.15) is 13.2 Å². The fourth-order valence-electron chi connectivity index (χ4n) is 2.11. The summed E-state index contributed by atoms with van der Waals surface area (Å²) in [5.74, 6) is -1.37. The first kappa shape index (κ1) is 21.8. The van der Waals surface area contributed by atoms with E-state index in [9.17, 15) is 22.8 Å². The van der Waals surface area contributed by atoms with Gasteiger partial charge in [-0.15, -0.1) is 0 Å². The van der Waals surface area contributed by atoms with E-state index in [1.54, 1.807) is 5.32 Å². The lowest BCUT2D eigenvalue weighted by Crippen LogP contribution is -2.35. The number of rotatable bonds is 6. The van der Waals surface area contributed by atoms with E-state index in [2.05, 4.69) is 5.32 Å². The summed E-state index contributed by atoms with van der Waals surface area (Å²) in [6, 6.07) is 10.2. The molecule has 2 N–H and O–H groups in total. The monoisotopic (exact) mass is 434 g/mol. The standard InChI is InChI=1S/C18H15Cl2F3N2O3/c1-10(28-15-7-6-11(19)8-13(15)20)16(26)25-14-5-3-2-4-12(14)17(27)24-9-18(21,22)23/h2-8,10H,9H2,1H3,(H,24,27)(H,25,26). The van der Waals surface area contributed by atoms with Crippen molar-refractivity contribution in [2.45, 2.75) is 19.2 Å². The van der Waals surface area contributed by atoms with E-state index in [1.807, 2.05) is 0 Å². The first-order valence-electron chi connectivity index (χ1n) is 7.93. The third-order valence-electron chi connectivity index (χ3n) is 3.45. The van der Waals surface area contributed by atoms with Crippen molar-refractivity contribution < 1.29 is 27.5 Å². The van der Waals surface area contributed by atoms with Crippen LogP contribution in [0.5, 0.6) is 5.75 Å². The van der Waals surface area contributed by atoms with Crippen LogP contribution in [0.25, 0.3) is 0 Å². The molecule has 0 saturated heterocycles. The molecule has 0 aliphatic rings. The highest BCUT2D eigenvalue weighted by Crippen LogP contribution is 2.28. The van der Waals surface area contributed by atoms with Gasteiger partial charge in [0.1, 0.15) is 12.3 Å². The minimum atomic E-state index is -4.55. The van der Waals surface area contributed by atoms with Crippen molar-refractivity contribution in [3.63, 3.8) is 0 Å². The number of carbonyl (C=O) groups is 2. The molecule has 0 heterocycles. The SMILES string of the molecule is CC(Oc1ccc(Cl)cc1Cl)C(=O)Nc1ccccc1C(=O)NCC(F)(F)F. The topological polar surface area (TPSA) is 67.4 Å². The molecule has 10 heteroatoms. The molecule has 2 aromatic rings. The lowest BCUT2D eigenvalue weighted by Gasteiger charge is -2.17. The lowest BCUT2D eigenvalue weighted by atomic mass is 10.1. The fourth-order valence-corrected chi connectivity index (χ4v) is 2.57. The summed E-state index contributed by atoms with van der Waals surface area (Å²) >= 11 is 11.8. The van der Waals surface area contributed by atoms with Crippen LogP contribution in [0.3, 0.4) is 0 Å².